The van der Waals surface area contributed by atoms with Crippen LogP contribution in [0.4, 0.5) is 5.95 Å². The van der Waals surface area contributed by atoms with Crippen LogP contribution in [0.15, 0.2) is 48.9 Å². The molecule has 0 amide bonds. The zero-order valence-corrected chi connectivity index (χ0v) is 22.8. The lowest BCUT2D eigenvalue weighted by atomic mass is 10.2. The van der Waals surface area contributed by atoms with Gasteiger partial charge in [0, 0.05) is 40.9 Å². The molecule has 4 aromatic rings. The van der Waals surface area contributed by atoms with Crippen molar-refractivity contribution in [3.05, 3.63) is 60.3 Å². The van der Waals surface area contributed by atoms with Crippen molar-refractivity contribution in [2.24, 2.45) is 0 Å². The minimum absolute atomic E-state index is 0.164. The van der Waals surface area contributed by atoms with Crippen molar-refractivity contribution < 1.29 is 18.4 Å². The number of aromatic nitrogens is 7. The molecule has 0 saturated carbocycles. The lowest BCUT2D eigenvalue weighted by molar-refractivity contribution is 0.0960. The maximum absolute atomic E-state index is 14.0. The number of nitrogens with zero attached hydrogens (tertiary/aromatic N) is 7. The molecular weight excluding hydrogens is 512 g/mol. The number of ether oxygens (including phenoxy) is 3. The summed E-state index contributed by atoms with van der Waals surface area (Å²) < 4.78 is 35.0. The van der Waals surface area contributed by atoms with Crippen LogP contribution >= 0.6 is 0 Å². The third kappa shape index (κ3) is 5.50. The van der Waals surface area contributed by atoms with Crippen molar-refractivity contribution in [2.45, 2.75) is 25.2 Å². The highest BCUT2D eigenvalue weighted by Crippen LogP contribution is 2.31. The molecule has 0 aliphatic rings. The van der Waals surface area contributed by atoms with Crippen LogP contribution in [0, 0.1) is 6.92 Å². The Morgan fingerprint density at radius 3 is 2.46 bits per heavy atom. The van der Waals surface area contributed by atoms with Gasteiger partial charge in [-0.3, -0.25) is 13.5 Å². The predicted octanol–water partition coefficient (Wildman–Crippen LogP) is 2.31. The molecule has 4 aromatic heterocycles. The molecule has 4 heterocycles. The van der Waals surface area contributed by atoms with Gasteiger partial charge >= 0.3 is 0 Å². The molecular formula is C23H26N8O4SSi. The highest BCUT2D eigenvalue weighted by molar-refractivity contribution is 8.06. The molecule has 192 valence electrons. The fraction of sp³-hybridized carbons (Fsp3) is 0.304. The molecule has 37 heavy (non-hydrogen) atoms. The fourth-order valence-electron chi connectivity index (χ4n) is 3.57. The Morgan fingerprint density at radius 1 is 1.03 bits per heavy atom. The van der Waals surface area contributed by atoms with E-state index in [-0.39, 0.29) is 5.95 Å². The van der Waals surface area contributed by atoms with Gasteiger partial charge in [0.2, 0.25) is 17.7 Å². The molecule has 14 heteroatoms. The quantitative estimate of drug-likeness (QED) is 0.299. The number of hydrogen-bond donors (Lipinski definition) is 1. The standard InChI is InChI=1S/C23H26N8O4SSi/c1-14-12-25-20(26-13-14)19(34-4)15(2)36(32,37)30-23-29-28-21(16-8-6-10-18(27-16)33-3)31(23)17-9-7-11-24-22(17)35-5/h6-13,15,19H,1-5H3,(H,29,30,32)/t15-,19-,36?/m0/s1. The Labute approximate surface area is 217 Å². The average Bonchev–Trinajstić information content (AvgIpc) is 3.32. The number of anilines is 1. The number of nitrogens with one attached hydrogen (secondary N) is 1. The van der Waals surface area contributed by atoms with E-state index < -0.39 is 20.5 Å². The summed E-state index contributed by atoms with van der Waals surface area (Å²) in [6.45, 7) is 3.65. The van der Waals surface area contributed by atoms with E-state index >= 15 is 0 Å². The van der Waals surface area contributed by atoms with E-state index in [0.717, 1.165) is 5.56 Å². The minimum Gasteiger partial charge on any atom is -0.481 e. The highest BCUT2D eigenvalue weighted by Gasteiger charge is 2.30. The van der Waals surface area contributed by atoms with Crippen LogP contribution in [0.1, 0.15) is 24.4 Å². The Morgan fingerprint density at radius 2 is 1.78 bits per heavy atom. The smallest absolute Gasteiger partial charge is 0.240 e. The largest absolute Gasteiger partial charge is 0.481 e. The molecule has 0 fully saturated rings. The van der Waals surface area contributed by atoms with Gasteiger partial charge < -0.3 is 14.2 Å². The molecule has 3 atom stereocenters. The van der Waals surface area contributed by atoms with Crippen molar-refractivity contribution in [3.8, 4) is 29.0 Å². The van der Waals surface area contributed by atoms with E-state index in [2.05, 4.69) is 43.8 Å². The summed E-state index contributed by atoms with van der Waals surface area (Å²) in [6.07, 6.45) is 4.29. The topological polar surface area (TPSA) is 139 Å². The maximum atomic E-state index is 14.0. The van der Waals surface area contributed by atoms with E-state index in [4.69, 9.17) is 14.2 Å². The molecule has 0 spiro atoms. The molecule has 2 radical (unpaired) electrons. The Balaban J connectivity index is 1.79. The SMILES string of the molecule is COc1cccc(-c2nnc(NS(=O)(=[Si])[C@@H](C)[C@H](OC)c3ncc(C)cn3)n2-c2cccnc2OC)n1. The third-order valence-corrected chi connectivity index (χ3v) is 8.71. The number of hydrogen-bond acceptors (Lipinski definition) is 10. The summed E-state index contributed by atoms with van der Waals surface area (Å²) in [7, 11) is 4.96. The van der Waals surface area contributed by atoms with E-state index in [1.807, 2.05) is 6.92 Å². The monoisotopic (exact) mass is 538 g/mol. The van der Waals surface area contributed by atoms with Crippen LogP contribution in [0.5, 0.6) is 11.8 Å². The zero-order chi connectivity index (χ0) is 26.6. The average molecular weight is 539 g/mol. The highest BCUT2D eigenvalue weighted by atomic mass is 32.3. The van der Waals surface area contributed by atoms with Crippen LogP contribution in [-0.2, 0) is 13.9 Å². The van der Waals surface area contributed by atoms with Crippen LogP contribution < -0.4 is 14.2 Å². The summed E-state index contributed by atoms with van der Waals surface area (Å²) in [6, 6.07) is 8.79. The Hall–Kier alpha value is -3.75. The van der Waals surface area contributed by atoms with Crippen molar-refractivity contribution in [3.63, 3.8) is 0 Å². The van der Waals surface area contributed by atoms with Crippen molar-refractivity contribution >= 4 is 24.0 Å². The lowest BCUT2D eigenvalue weighted by Gasteiger charge is -2.26. The molecule has 4 rings (SSSR count). The molecule has 0 aromatic carbocycles. The van der Waals surface area contributed by atoms with Crippen molar-refractivity contribution in [1.29, 1.82) is 0 Å². The van der Waals surface area contributed by atoms with Gasteiger partial charge in [-0.05, 0) is 37.6 Å². The van der Waals surface area contributed by atoms with Crippen molar-refractivity contribution in [1.82, 2.24) is 34.7 Å². The summed E-state index contributed by atoms with van der Waals surface area (Å²) in [5.74, 6) is 1.64. The summed E-state index contributed by atoms with van der Waals surface area (Å²) in [4.78, 5) is 17.5. The second kappa shape index (κ2) is 11.1. The second-order valence-electron chi connectivity index (χ2n) is 7.96. The summed E-state index contributed by atoms with van der Waals surface area (Å²) in [5.41, 5.74) is 1.89. The first kappa shape index (κ1) is 26.3. The normalized spacial score (nSPS) is 14.4. The number of methoxy groups -OCH3 is 3. The molecule has 0 aliphatic heterocycles. The van der Waals surface area contributed by atoms with Crippen LogP contribution in [0.3, 0.4) is 0 Å². The van der Waals surface area contributed by atoms with Crippen molar-refractivity contribution in [2.75, 3.05) is 26.1 Å². The van der Waals surface area contributed by atoms with Crippen LogP contribution in [-0.4, -0.2) is 74.4 Å². The van der Waals surface area contributed by atoms with E-state index in [9.17, 15) is 4.21 Å². The van der Waals surface area contributed by atoms with E-state index in [1.54, 1.807) is 60.4 Å². The molecule has 12 nitrogen and oxygen atoms in total. The fourth-order valence-corrected chi connectivity index (χ4v) is 5.38. The van der Waals surface area contributed by atoms with Gasteiger partial charge in [0.1, 0.15) is 26.4 Å². The van der Waals surface area contributed by atoms with Crippen LogP contribution in [0.2, 0.25) is 0 Å². The van der Waals surface area contributed by atoms with Gasteiger partial charge in [0.05, 0.1) is 19.5 Å². The Bertz CT molecular complexity index is 1480. The Kier molecular flexibility index (Phi) is 7.90. The third-order valence-electron chi connectivity index (χ3n) is 5.51. The number of aryl methyl sites for hydroxylation is 1. The molecule has 0 aliphatic carbocycles. The first-order chi connectivity index (χ1) is 17.8. The van der Waals surface area contributed by atoms with E-state index in [1.165, 1.54) is 21.3 Å². The predicted molar refractivity (Wildman–Crippen MR) is 139 cm³/mol. The molecule has 0 saturated heterocycles. The molecule has 0 bridgehead atoms. The minimum atomic E-state index is -3.04. The van der Waals surface area contributed by atoms with Gasteiger partial charge in [-0.15, -0.1) is 10.2 Å². The van der Waals surface area contributed by atoms with Gasteiger partial charge in [0.25, 0.3) is 0 Å². The number of pyridine rings is 2. The summed E-state index contributed by atoms with van der Waals surface area (Å²) >= 11 is 0. The first-order valence-corrected chi connectivity index (χ1v) is 14.0. The van der Waals surface area contributed by atoms with Gasteiger partial charge in [-0.1, -0.05) is 6.07 Å². The molecule has 1 unspecified atom stereocenters. The van der Waals surface area contributed by atoms with Gasteiger partial charge in [-0.2, -0.15) is 0 Å². The summed E-state index contributed by atoms with van der Waals surface area (Å²) in [5, 5.41) is 8.00. The van der Waals surface area contributed by atoms with Gasteiger partial charge in [0.15, 0.2) is 11.6 Å². The first-order valence-electron chi connectivity index (χ1n) is 11.1. The maximum Gasteiger partial charge on any atom is 0.240 e. The van der Waals surface area contributed by atoms with Crippen LogP contribution in [0.25, 0.3) is 17.2 Å². The van der Waals surface area contributed by atoms with E-state index in [0.29, 0.717) is 34.8 Å². The number of rotatable bonds is 10. The second-order valence-corrected chi connectivity index (χ2v) is 11.9. The zero-order valence-electron chi connectivity index (χ0n) is 20.9. The van der Waals surface area contributed by atoms with Gasteiger partial charge in [-0.25, -0.2) is 19.9 Å². The molecule has 1 N–H and O–H groups in total. The lowest BCUT2D eigenvalue weighted by Crippen LogP contribution is -2.33.